The smallest absolute Gasteiger partial charge is 0.357 e. The van der Waals surface area contributed by atoms with Crippen molar-refractivity contribution in [2.24, 2.45) is 5.92 Å². The molecule has 0 atom stereocenters. The monoisotopic (exact) mass is 369 g/mol. The SMILES string of the molecule is O=C(NC1CCCCCC1)C1CCN(c2ccc(C(F)(F)F)cn2)CC1. The number of piperidine rings is 1. The van der Waals surface area contributed by atoms with Gasteiger partial charge in [-0.25, -0.2) is 4.98 Å². The number of alkyl halides is 3. The van der Waals surface area contributed by atoms with E-state index in [1.807, 2.05) is 4.90 Å². The van der Waals surface area contributed by atoms with Gasteiger partial charge in [0.1, 0.15) is 5.82 Å². The van der Waals surface area contributed by atoms with E-state index in [0.717, 1.165) is 25.1 Å². The second-order valence-corrected chi connectivity index (χ2v) is 7.36. The Labute approximate surface area is 152 Å². The second-order valence-electron chi connectivity index (χ2n) is 7.36. The summed E-state index contributed by atoms with van der Waals surface area (Å²) in [7, 11) is 0. The van der Waals surface area contributed by atoms with E-state index in [9.17, 15) is 18.0 Å². The van der Waals surface area contributed by atoms with Crippen LogP contribution in [0.3, 0.4) is 0 Å². The van der Waals surface area contributed by atoms with Crippen molar-refractivity contribution in [3.63, 3.8) is 0 Å². The fourth-order valence-electron chi connectivity index (χ4n) is 3.85. The molecule has 2 heterocycles. The van der Waals surface area contributed by atoms with Crippen molar-refractivity contribution in [1.29, 1.82) is 0 Å². The maximum Gasteiger partial charge on any atom is 0.417 e. The van der Waals surface area contributed by atoms with Crippen LogP contribution in [0.2, 0.25) is 0 Å². The minimum absolute atomic E-state index is 0.0102. The molecule has 7 heteroatoms. The molecule has 0 radical (unpaired) electrons. The van der Waals surface area contributed by atoms with Crippen molar-refractivity contribution in [3.05, 3.63) is 23.9 Å². The largest absolute Gasteiger partial charge is 0.417 e. The molecule has 1 saturated heterocycles. The molecule has 2 fully saturated rings. The molecule has 4 nitrogen and oxygen atoms in total. The summed E-state index contributed by atoms with van der Waals surface area (Å²) in [6.45, 7) is 1.28. The molecule has 0 aromatic carbocycles. The number of carbonyl (C=O) groups is 1. The van der Waals surface area contributed by atoms with E-state index >= 15 is 0 Å². The van der Waals surface area contributed by atoms with Gasteiger partial charge in [0, 0.05) is 31.2 Å². The van der Waals surface area contributed by atoms with Gasteiger partial charge >= 0.3 is 6.18 Å². The Hall–Kier alpha value is -1.79. The zero-order chi connectivity index (χ0) is 18.6. The van der Waals surface area contributed by atoms with Crippen molar-refractivity contribution in [1.82, 2.24) is 10.3 Å². The molecule has 1 amide bonds. The minimum atomic E-state index is -4.37. The highest BCUT2D eigenvalue weighted by molar-refractivity contribution is 5.79. The lowest BCUT2D eigenvalue weighted by Crippen LogP contribution is -2.44. The molecule has 0 bridgehead atoms. The zero-order valence-corrected chi connectivity index (χ0v) is 14.9. The molecule has 2 aliphatic rings. The summed E-state index contributed by atoms with van der Waals surface area (Å²) in [4.78, 5) is 18.4. The number of nitrogens with one attached hydrogen (secondary N) is 1. The van der Waals surface area contributed by atoms with Crippen LogP contribution in [0, 0.1) is 5.92 Å². The van der Waals surface area contributed by atoms with Crippen molar-refractivity contribution in [2.45, 2.75) is 63.6 Å². The van der Waals surface area contributed by atoms with E-state index in [-0.39, 0.29) is 11.8 Å². The van der Waals surface area contributed by atoms with Crippen LogP contribution in [0.25, 0.3) is 0 Å². The van der Waals surface area contributed by atoms with Crippen LogP contribution in [0.5, 0.6) is 0 Å². The van der Waals surface area contributed by atoms with Gasteiger partial charge in [0.2, 0.25) is 5.91 Å². The van der Waals surface area contributed by atoms with Gasteiger partial charge in [0.25, 0.3) is 0 Å². The van der Waals surface area contributed by atoms with Crippen LogP contribution < -0.4 is 10.2 Å². The lowest BCUT2D eigenvalue weighted by atomic mass is 9.95. The molecule has 1 aliphatic heterocycles. The summed E-state index contributed by atoms with van der Waals surface area (Å²) in [5, 5.41) is 3.21. The summed E-state index contributed by atoms with van der Waals surface area (Å²) >= 11 is 0. The van der Waals surface area contributed by atoms with Crippen LogP contribution in [-0.4, -0.2) is 30.0 Å². The predicted molar refractivity (Wildman–Crippen MR) is 93.8 cm³/mol. The number of hydrogen-bond acceptors (Lipinski definition) is 3. The zero-order valence-electron chi connectivity index (χ0n) is 14.9. The quantitative estimate of drug-likeness (QED) is 0.814. The van der Waals surface area contributed by atoms with Gasteiger partial charge in [-0.15, -0.1) is 0 Å². The molecule has 1 saturated carbocycles. The van der Waals surface area contributed by atoms with E-state index in [1.54, 1.807) is 0 Å². The first-order valence-electron chi connectivity index (χ1n) is 9.52. The maximum atomic E-state index is 12.6. The number of rotatable bonds is 3. The highest BCUT2D eigenvalue weighted by atomic mass is 19.4. The van der Waals surface area contributed by atoms with Gasteiger partial charge < -0.3 is 10.2 Å². The number of anilines is 1. The van der Waals surface area contributed by atoms with Gasteiger partial charge in [-0.05, 0) is 37.8 Å². The van der Waals surface area contributed by atoms with E-state index in [0.29, 0.717) is 37.8 Å². The van der Waals surface area contributed by atoms with Gasteiger partial charge in [-0.2, -0.15) is 13.2 Å². The third-order valence-corrected chi connectivity index (χ3v) is 5.47. The number of carbonyl (C=O) groups excluding carboxylic acids is 1. The molecule has 144 valence electrons. The normalized spacial score (nSPS) is 20.7. The summed E-state index contributed by atoms with van der Waals surface area (Å²) in [6, 6.07) is 2.78. The topological polar surface area (TPSA) is 45.2 Å². The average molecular weight is 369 g/mol. The molecule has 1 aromatic heterocycles. The number of amides is 1. The fourth-order valence-corrected chi connectivity index (χ4v) is 3.85. The highest BCUT2D eigenvalue weighted by Gasteiger charge is 2.31. The summed E-state index contributed by atoms with van der Waals surface area (Å²) in [5.41, 5.74) is -0.737. The number of halogens is 3. The molecule has 3 rings (SSSR count). The summed E-state index contributed by atoms with van der Waals surface area (Å²) in [5.74, 6) is 0.668. The molecular weight excluding hydrogens is 343 g/mol. The molecule has 1 N–H and O–H groups in total. The molecule has 0 spiro atoms. The van der Waals surface area contributed by atoms with E-state index in [1.165, 1.54) is 31.7 Å². The minimum Gasteiger partial charge on any atom is -0.357 e. The van der Waals surface area contributed by atoms with Crippen LogP contribution in [0.1, 0.15) is 56.9 Å². The lowest BCUT2D eigenvalue weighted by Gasteiger charge is -2.33. The van der Waals surface area contributed by atoms with Crippen molar-refractivity contribution in [2.75, 3.05) is 18.0 Å². The highest BCUT2D eigenvalue weighted by Crippen LogP contribution is 2.30. The number of pyridine rings is 1. The van der Waals surface area contributed by atoms with Crippen LogP contribution in [0.4, 0.5) is 19.0 Å². The van der Waals surface area contributed by atoms with Crippen LogP contribution in [-0.2, 0) is 11.0 Å². The van der Waals surface area contributed by atoms with Crippen molar-refractivity contribution in [3.8, 4) is 0 Å². The van der Waals surface area contributed by atoms with Gasteiger partial charge in [-0.1, -0.05) is 25.7 Å². The Morgan fingerprint density at radius 1 is 1.04 bits per heavy atom. The number of hydrogen-bond donors (Lipinski definition) is 1. The first kappa shape index (κ1) is 19.0. The Morgan fingerprint density at radius 3 is 2.23 bits per heavy atom. The molecule has 0 unspecified atom stereocenters. The molecule has 1 aromatic rings. The van der Waals surface area contributed by atoms with Crippen molar-refractivity contribution < 1.29 is 18.0 Å². The lowest BCUT2D eigenvalue weighted by molar-refractivity contribution is -0.137. The first-order chi connectivity index (χ1) is 12.4. The number of nitrogens with zero attached hydrogens (tertiary/aromatic N) is 2. The third kappa shape index (κ3) is 4.89. The van der Waals surface area contributed by atoms with Crippen LogP contribution in [0.15, 0.2) is 18.3 Å². The fraction of sp³-hybridized carbons (Fsp3) is 0.684. The Bertz CT molecular complexity index is 587. The average Bonchev–Trinajstić information content (AvgIpc) is 2.90. The second kappa shape index (κ2) is 8.27. The van der Waals surface area contributed by atoms with E-state index in [4.69, 9.17) is 0 Å². The van der Waals surface area contributed by atoms with Gasteiger partial charge in [-0.3, -0.25) is 4.79 Å². The van der Waals surface area contributed by atoms with E-state index in [2.05, 4.69) is 10.3 Å². The molecular formula is C19H26F3N3O. The Kier molecular flexibility index (Phi) is 6.04. The standard InChI is InChI=1S/C19H26F3N3O/c20-19(21,22)15-7-8-17(23-13-15)25-11-9-14(10-12-25)18(26)24-16-5-3-1-2-4-6-16/h7-8,13-14,16H,1-6,9-12H2,(H,24,26). The first-order valence-corrected chi connectivity index (χ1v) is 9.52. The Balaban J connectivity index is 1.49. The van der Waals surface area contributed by atoms with Crippen molar-refractivity contribution >= 4 is 11.7 Å². The number of aromatic nitrogens is 1. The summed E-state index contributed by atoms with van der Waals surface area (Å²) < 4.78 is 37.9. The third-order valence-electron chi connectivity index (χ3n) is 5.47. The van der Waals surface area contributed by atoms with Gasteiger partial charge in [0.05, 0.1) is 5.56 Å². The maximum absolute atomic E-state index is 12.6. The Morgan fingerprint density at radius 2 is 1.69 bits per heavy atom. The predicted octanol–water partition coefficient (Wildman–Crippen LogP) is 4.16. The summed E-state index contributed by atoms with van der Waals surface area (Å²) in [6.07, 6.45) is 4.94. The molecule has 1 aliphatic carbocycles. The molecule has 26 heavy (non-hydrogen) atoms. The van der Waals surface area contributed by atoms with Gasteiger partial charge in [0.15, 0.2) is 0 Å². The van der Waals surface area contributed by atoms with E-state index < -0.39 is 11.7 Å². The van der Waals surface area contributed by atoms with Crippen LogP contribution >= 0.6 is 0 Å².